The number of non-ortho nitro benzene ring substituents is 1. The zero-order valence-electron chi connectivity index (χ0n) is 12.6. The van der Waals surface area contributed by atoms with Gasteiger partial charge in [0.25, 0.3) is 5.69 Å². The standard InChI is InChI=1S/C17H12NO6/c1-22-14-7-5-12(6-8-14)16-15(23-17(19)24-16)10-11-3-2-4-13(9-11)18(20)21/h2,4-9H,10H2,1H3. The van der Waals surface area contributed by atoms with E-state index in [0.29, 0.717) is 16.9 Å². The zero-order valence-corrected chi connectivity index (χ0v) is 12.6. The zero-order chi connectivity index (χ0) is 17.1. The minimum absolute atomic E-state index is 0.0550. The number of nitro groups is 1. The molecule has 0 aliphatic heterocycles. The van der Waals surface area contributed by atoms with Gasteiger partial charge in [0.1, 0.15) is 5.75 Å². The molecule has 0 N–H and O–H groups in total. The van der Waals surface area contributed by atoms with Gasteiger partial charge in [-0.2, -0.15) is 0 Å². The number of methoxy groups -OCH3 is 1. The van der Waals surface area contributed by atoms with Crippen LogP contribution in [0.25, 0.3) is 11.3 Å². The lowest BCUT2D eigenvalue weighted by atomic mass is 10.1. The van der Waals surface area contributed by atoms with Crippen molar-refractivity contribution in [3.05, 3.63) is 80.6 Å². The molecule has 0 saturated carbocycles. The molecular weight excluding hydrogens is 314 g/mol. The molecule has 7 nitrogen and oxygen atoms in total. The van der Waals surface area contributed by atoms with E-state index in [1.807, 2.05) is 0 Å². The molecular formula is C17H12NO6. The molecule has 0 saturated heterocycles. The molecule has 1 radical (unpaired) electrons. The number of nitrogens with zero attached hydrogens (tertiary/aromatic N) is 1. The van der Waals surface area contributed by atoms with Gasteiger partial charge in [0.15, 0.2) is 11.5 Å². The van der Waals surface area contributed by atoms with E-state index >= 15 is 0 Å². The van der Waals surface area contributed by atoms with E-state index in [1.165, 1.54) is 18.2 Å². The van der Waals surface area contributed by atoms with Crippen LogP contribution in [-0.4, -0.2) is 12.0 Å². The summed E-state index contributed by atoms with van der Waals surface area (Å²) in [6.07, 6.45) is 0.148. The van der Waals surface area contributed by atoms with Crippen LogP contribution in [0.5, 0.6) is 5.75 Å². The SMILES string of the molecule is COc1ccc(-c2oc(=O)oc2Cc2[c]ccc([N+](=O)[O-])c2)cc1. The molecule has 0 aliphatic carbocycles. The lowest BCUT2D eigenvalue weighted by Crippen LogP contribution is -1.93. The molecule has 3 aromatic rings. The maximum atomic E-state index is 11.5. The monoisotopic (exact) mass is 326 g/mol. The van der Waals surface area contributed by atoms with Crippen molar-refractivity contribution in [1.29, 1.82) is 0 Å². The summed E-state index contributed by atoms with van der Waals surface area (Å²) < 4.78 is 15.3. The number of hydrogen-bond donors (Lipinski definition) is 0. The van der Waals surface area contributed by atoms with E-state index in [1.54, 1.807) is 31.4 Å². The average molecular weight is 326 g/mol. The van der Waals surface area contributed by atoms with Crippen molar-refractivity contribution in [1.82, 2.24) is 0 Å². The molecule has 24 heavy (non-hydrogen) atoms. The predicted molar refractivity (Wildman–Crippen MR) is 84.0 cm³/mol. The smallest absolute Gasteiger partial charge is 0.497 e. The van der Waals surface area contributed by atoms with E-state index in [-0.39, 0.29) is 23.6 Å². The number of benzene rings is 2. The summed E-state index contributed by atoms with van der Waals surface area (Å²) in [5.74, 6) is 0.392. The number of ether oxygens (including phenoxy) is 1. The van der Waals surface area contributed by atoms with E-state index in [0.717, 1.165) is 0 Å². The fourth-order valence-corrected chi connectivity index (χ4v) is 2.28. The largest absolute Gasteiger partial charge is 0.519 e. The first kappa shape index (κ1) is 15.5. The third-order valence-corrected chi connectivity index (χ3v) is 3.40. The van der Waals surface area contributed by atoms with Crippen LogP contribution in [0.3, 0.4) is 0 Å². The highest BCUT2D eigenvalue weighted by Gasteiger charge is 2.17. The molecule has 0 unspecified atom stereocenters. The lowest BCUT2D eigenvalue weighted by Gasteiger charge is -2.03. The Labute approximate surface area is 136 Å². The van der Waals surface area contributed by atoms with Crippen molar-refractivity contribution in [2.75, 3.05) is 7.11 Å². The maximum Gasteiger partial charge on any atom is 0.519 e. The fourth-order valence-electron chi connectivity index (χ4n) is 2.28. The first-order valence-corrected chi connectivity index (χ1v) is 6.99. The molecule has 7 heteroatoms. The summed E-state index contributed by atoms with van der Waals surface area (Å²) in [5.41, 5.74) is 1.10. The van der Waals surface area contributed by atoms with Gasteiger partial charge in [0, 0.05) is 24.1 Å². The second-order valence-electron chi connectivity index (χ2n) is 4.94. The van der Waals surface area contributed by atoms with Gasteiger partial charge in [-0.05, 0) is 42.0 Å². The van der Waals surface area contributed by atoms with E-state index in [9.17, 15) is 14.9 Å². The molecule has 2 aromatic carbocycles. The Kier molecular flexibility index (Phi) is 4.15. The predicted octanol–water partition coefficient (Wildman–Crippen LogP) is 3.21. The highest BCUT2D eigenvalue weighted by atomic mass is 16.6. The van der Waals surface area contributed by atoms with Crippen molar-refractivity contribution in [2.24, 2.45) is 0 Å². The van der Waals surface area contributed by atoms with Gasteiger partial charge in [-0.25, -0.2) is 4.79 Å². The Morgan fingerprint density at radius 3 is 2.62 bits per heavy atom. The molecule has 0 amide bonds. The van der Waals surface area contributed by atoms with Crippen LogP contribution >= 0.6 is 0 Å². The van der Waals surface area contributed by atoms with Gasteiger partial charge in [0.05, 0.1) is 12.0 Å². The van der Waals surface area contributed by atoms with Crippen LogP contribution < -0.4 is 10.6 Å². The molecule has 0 fully saturated rings. The fraction of sp³-hybridized carbons (Fsp3) is 0.118. The summed E-state index contributed by atoms with van der Waals surface area (Å²) >= 11 is 0. The average Bonchev–Trinajstić information content (AvgIpc) is 2.95. The Morgan fingerprint density at radius 1 is 1.21 bits per heavy atom. The van der Waals surface area contributed by atoms with E-state index < -0.39 is 10.7 Å². The third-order valence-electron chi connectivity index (χ3n) is 3.40. The summed E-state index contributed by atoms with van der Waals surface area (Å²) in [7, 11) is 1.55. The van der Waals surface area contributed by atoms with Gasteiger partial charge in [-0.15, -0.1) is 0 Å². The summed E-state index contributed by atoms with van der Waals surface area (Å²) in [5, 5.41) is 10.8. The first-order chi connectivity index (χ1) is 11.6. The summed E-state index contributed by atoms with van der Waals surface area (Å²) in [6.45, 7) is 0. The number of hydrogen-bond acceptors (Lipinski definition) is 6. The highest BCUT2D eigenvalue weighted by molar-refractivity contribution is 5.60. The Morgan fingerprint density at radius 2 is 1.96 bits per heavy atom. The highest BCUT2D eigenvalue weighted by Crippen LogP contribution is 2.27. The number of rotatable bonds is 5. The van der Waals surface area contributed by atoms with Crippen LogP contribution in [0, 0.1) is 16.2 Å². The summed E-state index contributed by atoms with van der Waals surface area (Å²) in [4.78, 5) is 21.9. The minimum Gasteiger partial charge on any atom is -0.497 e. The Hall–Kier alpha value is -3.35. The quantitative estimate of drug-likeness (QED) is 0.527. The molecule has 3 rings (SSSR count). The van der Waals surface area contributed by atoms with Crippen LogP contribution in [0.1, 0.15) is 11.3 Å². The third kappa shape index (κ3) is 3.19. The molecule has 0 aliphatic rings. The second-order valence-corrected chi connectivity index (χ2v) is 4.94. The van der Waals surface area contributed by atoms with Crippen molar-refractivity contribution in [2.45, 2.75) is 6.42 Å². The Bertz CT molecular complexity index is 923. The van der Waals surface area contributed by atoms with Crippen LogP contribution in [0.15, 0.2) is 56.1 Å². The van der Waals surface area contributed by atoms with E-state index in [2.05, 4.69) is 6.07 Å². The summed E-state index contributed by atoms with van der Waals surface area (Å²) in [6, 6.07) is 14.0. The molecule has 0 atom stereocenters. The van der Waals surface area contributed by atoms with Crippen molar-refractivity contribution >= 4 is 5.69 Å². The minimum atomic E-state index is -0.832. The molecule has 0 spiro atoms. The molecule has 1 heterocycles. The maximum absolute atomic E-state index is 11.5. The van der Waals surface area contributed by atoms with Crippen molar-refractivity contribution in [3.8, 4) is 17.1 Å². The second kappa shape index (κ2) is 6.41. The topological polar surface area (TPSA) is 95.7 Å². The van der Waals surface area contributed by atoms with Crippen molar-refractivity contribution < 1.29 is 18.5 Å². The molecule has 1 aromatic heterocycles. The normalized spacial score (nSPS) is 10.5. The van der Waals surface area contributed by atoms with Gasteiger partial charge in [-0.3, -0.25) is 10.1 Å². The van der Waals surface area contributed by atoms with Gasteiger partial charge < -0.3 is 13.6 Å². The number of nitro benzene ring substituents is 1. The van der Waals surface area contributed by atoms with Crippen LogP contribution in [-0.2, 0) is 6.42 Å². The van der Waals surface area contributed by atoms with Crippen LogP contribution in [0.4, 0.5) is 5.69 Å². The first-order valence-electron chi connectivity index (χ1n) is 6.99. The Balaban J connectivity index is 1.95. The molecule has 0 bridgehead atoms. The van der Waals surface area contributed by atoms with E-state index in [4.69, 9.17) is 13.6 Å². The van der Waals surface area contributed by atoms with Gasteiger partial charge >= 0.3 is 5.82 Å². The lowest BCUT2D eigenvalue weighted by molar-refractivity contribution is -0.384. The van der Waals surface area contributed by atoms with Gasteiger partial charge in [0.2, 0.25) is 0 Å². The van der Waals surface area contributed by atoms with Gasteiger partial charge in [-0.1, -0.05) is 0 Å². The van der Waals surface area contributed by atoms with Crippen LogP contribution in [0.2, 0.25) is 0 Å². The van der Waals surface area contributed by atoms with Crippen molar-refractivity contribution in [3.63, 3.8) is 0 Å². The molecule has 121 valence electrons.